The summed E-state index contributed by atoms with van der Waals surface area (Å²) in [6.45, 7) is 5.69. The van der Waals surface area contributed by atoms with E-state index in [0.29, 0.717) is 35.5 Å². The van der Waals surface area contributed by atoms with Gasteiger partial charge in [0, 0.05) is 11.6 Å². The van der Waals surface area contributed by atoms with E-state index in [9.17, 15) is 14.2 Å². The Bertz CT molecular complexity index is 1010. The largest absolute Gasteiger partial charge is 0.497 e. The van der Waals surface area contributed by atoms with Gasteiger partial charge < -0.3 is 9.47 Å². The molecule has 0 bridgehead atoms. The van der Waals surface area contributed by atoms with Crippen molar-refractivity contribution in [2.24, 2.45) is 0 Å². The van der Waals surface area contributed by atoms with Crippen LogP contribution in [0.5, 0.6) is 11.5 Å². The first-order valence-electron chi connectivity index (χ1n) is 10.6. The van der Waals surface area contributed by atoms with Crippen LogP contribution in [0.15, 0.2) is 30.3 Å². The fraction of sp³-hybridized carbons (Fsp3) is 0.440. The molecule has 3 rings (SSSR count). The Morgan fingerprint density at radius 3 is 2.06 bits per heavy atom. The van der Waals surface area contributed by atoms with Gasteiger partial charge in [-0.1, -0.05) is 37.0 Å². The van der Waals surface area contributed by atoms with Crippen LogP contribution in [-0.4, -0.2) is 30.7 Å². The van der Waals surface area contributed by atoms with Crippen molar-refractivity contribution < 1.29 is 23.6 Å². The molecule has 5 nitrogen and oxygen atoms in total. The predicted octanol–water partition coefficient (Wildman–Crippen LogP) is 6.18. The standard InChI is InChI=1S/C25H30O5P/c1-16-13-17(2)22(18(3)14-16)24(27)31(28)25(11-7-6-8-12-25)23(26)20-10-9-19(29-4)15-21(20)30-5/h9-10,13-15H,6-8,11-12H2,1-5H3. The first kappa shape index (κ1) is 23.1. The fourth-order valence-corrected chi connectivity index (χ4v) is 6.68. The Hall–Kier alpha value is -2.52. The highest BCUT2D eigenvalue weighted by molar-refractivity contribution is 7.67. The monoisotopic (exact) mass is 441 g/mol. The van der Waals surface area contributed by atoms with Gasteiger partial charge in [-0.2, -0.15) is 0 Å². The van der Waals surface area contributed by atoms with E-state index < -0.39 is 18.5 Å². The molecule has 0 N–H and O–H groups in total. The van der Waals surface area contributed by atoms with E-state index in [1.165, 1.54) is 7.11 Å². The summed E-state index contributed by atoms with van der Waals surface area (Å²) in [7, 11) is 0.552. The van der Waals surface area contributed by atoms with Crippen LogP contribution in [0.3, 0.4) is 0 Å². The molecule has 165 valence electrons. The lowest BCUT2D eigenvalue weighted by molar-refractivity contribution is 0.0900. The minimum absolute atomic E-state index is 0.274. The van der Waals surface area contributed by atoms with E-state index in [1.54, 1.807) is 25.3 Å². The lowest BCUT2D eigenvalue weighted by Crippen LogP contribution is -2.39. The molecule has 1 unspecified atom stereocenters. The first-order valence-corrected chi connectivity index (χ1v) is 11.9. The average molecular weight is 441 g/mol. The maximum absolute atomic E-state index is 13.9. The lowest BCUT2D eigenvalue weighted by atomic mass is 9.82. The van der Waals surface area contributed by atoms with Gasteiger partial charge in [0.05, 0.1) is 19.8 Å². The summed E-state index contributed by atoms with van der Waals surface area (Å²) in [5.74, 6) is 0.661. The summed E-state index contributed by atoms with van der Waals surface area (Å²) in [5.41, 5.74) is 3.04. The summed E-state index contributed by atoms with van der Waals surface area (Å²) in [4.78, 5) is 27.4. The van der Waals surface area contributed by atoms with Crippen molar-refractivity contribution in [1.82, 2.24) is 0 Å². The maximum atomic E-state index is 13.9. The van der Waals surface area contributed by atoms with Gasteiger partial charge in [0.2, 0.25) is 5.52 Å². The van der Waals surface area contributed by atoms with Gasteiger partial charge in [-0.15, -0.1) is 0 Å². The summed E-state index contributed by atoms with van der Waals surface area (Å²) in [6, 6.07) is 8.82. The Labute approximate surface area is 184 Å². The first-order chi connectivity index (χ1) is 14.7. The Kier molecular flexibility index (Phi) is 6.96. The van der Waals surface area contributed by atoms with Crippen molar-refractivity contribution in [3.05, 3.63) is 58.1 Å². The topological polar surface area (TPSA) is 69.7 Å². The van der Waals surface area contributed by atoms with Crippen LogP contribution in [-0.2, 0) is 4.57 Å². The van der Waals surface area contributed by atoms with Gasteiger partial charge in [0.25, 0.3) is 0 Å². The number of aryl methyl sites for hydroxylation is 3. The number of rotatable bonds is 7. The molecular formula is C25H30O5P. The van der Waals surface area contributed by atoms with E-state index in [0.717, 1.165) is 36.0 Å². The molecule has 1 aliphatic carbocycles. The third-order valence-corrected chi connectivity index (χ3v) is 8.24. The number of carbonyl (C=O) groups excluding carboxylic acids is 2. The van der Waals surface area contributed by atoms with Crippen LogP contribution in [0.2, 0.25) is 0 Å². The summed E-state index contributed by atoms with van der Waals surface area (Å²) < 4.78 is 24.5. The molecule has 1 atom stereocenters. The number of ketones is 1. The van der Waals surface area contributed by atoms with E-state index in [1.807, 2.05) is 32.9 Å². The zero-order valence-corrected chi connectivity index (χ0v) is 19.8. The lowest BCUT2D eigenvalue weighted by Gasteiger charge is -2.34. The number of Topliss-reactive ketones (excluding diaryl/α,β-unsaturated/α-hetero) is 1. The van der Waals surface area contributed by atoms with Gasteiger partial charge in [0.1, 0.15) is 16.7 Å². The number of ether oxygens (including phenoxy) is 2. The highest BCUT2D eigenvalue weighted by Gasteiger charge is 2.49. The van der Waals surface area contributed by atoms with Crippen molar-refractivity contribution in [2.75, 3.05) is 14.2 Å². The molecule has 6 heteroatoms. The maximum Gasteiger partial charge on any atom is 0.243 e. The molecule has 0 saturated heterocycles. The van der Waals surface area contributed by atoms with Gasteiger partial charge in [-0.25, -0.2) is 0 Å². The predicted molar refractivity (Wildman–Crippen MR) is 122 cm³/mol. The second kappa shape index (κ2) is 9.32. The van der Waals surface area contributed by atoms with Crippen LogP contribution in [0.25, 0.3) is 0 Å². The van der Waals surface area contributed by atoms with Gasteiger partial charge in [-0.3, -0.25) is 14.2 Å². The number of benzene rings is 2. The van der Waals surface area contributed by atoms with Crippen molar-refractivity contribution >= 4 is 19.1 Å². The smallest absolute Gasteiger partial charge is 0.243 e. The molecule has 2 aromatic carbocycles. The molecule has 0 spiro atoms. The molecule has 1 radical (unpaired) electrons. The van der Waals surface area contributed by atoms with Crippen LogP contribution in [0.1, 0.15) is 69.5 Å². The third kappa shape index (κ3) is 4.29. The molecule has 2 aromatic rings. The highest BCUT2D eigenvalue weighted by atomic mass is 31.1. The number of hydrogen-bond acceptors (Lipinski definition) is 5. The third-order valence-electron chi connectivity index (χ3n) is 6.22. The van der Waals surface area contributed by atoms with E-state index >= 15 is 0 Å². The van der Waals surface area contributed by atoms with Gasteiger partial charge in [-0.05, 0) is 56.9 Å². The molecular weight excluding hydrogens is 411 g/mol. The Balaban J connectivity index is 2.08. The Morgan fingerprint density at radius 1 is 0.903 bits per heavy atom. The zero-order chi connectivity index (χ0) is 22.8. The van der Waals surface area contributed by atoms with Crippen LogP contribution >= 0.6 is 7.80 Å². The molecule has 0 aromatic heterocycles. The summed E-state index contributed by atoms with van der Waals surface area (Å²) in [6.07, 6.45) is 3.38. The Morgan fingerprint density at radius 2 is 1.52 bits per heavy atom. The van der Waals surface area contributed by atoms with E-state index in [-0.39, 0.29) is 5.78 Å². The minimum atomic E-state index is -2.48. The average Bonchev–Trinajstić information content (AvgIpc) is 2.77. The summed E-state index contributed by atoms with van der Waals surface area (Å²) >= 11 is 0. The quantitative estimate of drug-likeness (QED) is 0.379. The number of hydrogen-bond donors (Lipinski definition) is 0. The number of methoxy groups -OCH3 is 2. The molecule has 0 amide bonds. The minimum Gasteiger partial charge on any atom is -0.497 e. The molecule has 0 aliphatic heterocycles. The van der Waals surface area contributed by atoms with Crippen molar-refractivity contribution in [3.63, 3.8) is 0 Å². The normalized spacial score (nSPS) is 15.8. The van der Waals surface area contributed by atoms with E-state index in [4.69, 9.17) is 9.47 Å². The summed E-state index contributed by atoms with van der Waals surface area (Å²) in [5, 5.41) is -1.21. The van der Waals surface area contributed by atoms with Gasteiger partial charge in [0.15, 0.2) is 13.6 Å². The molecule has 1 saturated carbocycles. The van der Waals surface area contributed by atoms with Crippen LogP contribution < -0.4 is 9.47 Å². The van der Waals surface area contributed by atoms with Crippen LogP contribution in [0, 0.1) is 20.8 Å². The van der Waals surface area contributed by atoms with Crippen molar-refractivity contribution in [1.29, 1.82) is 0 Å². The second-order valence-electron chi connectivity index (χ2n) is 8.36. The fourth-order valence-electron chi connectivity index (χ4n) is 4.71. The molecule has 0 heterocycles. The van der Waals surface area contributed by atoms with Crippen molar-refractivity contribution in [3.8, 4) is 11.5 Å². The second-order valence-corrected chi connectivity index (χ2v) is 10.2. The van der Waals surface area contributed by atoms with E-state index in [2.05, 4.69) is 0 Å². The molecule has 31 heavy (non-hydrogen) atoms. The van der Waals surface area contributed by atoms with Gasteiger partial charge >= 0.3 is 0 Å². The molecule has 1 aliphatic rings. The SMILES string of the molecule is COc1ccc(C(=O)C2([P](=O)C(=O)c3c(C)cc(C)cc3C)CCCCC2)c(OC)c1. The van der Waals surface area contributed by atoms with Crippen molar-refractivity contribution in [2.45, 2.75) is 58.0 Å². The highest BCUT2D eigenvalue weighted by Crippen LogP contribution is 2.53. The zero-order valence-electron chi connectivity index (χ0n) is 18.9. The molecule has 1 fully saturated rings. The van der Waals surface area contributed by atoms with Crippen LogP contribution in [0.4, 0.5) is 0 Å². The number of carbonyl (C=O) groups is 2.